The van der Waals surface area contributed by atoms with Gasteiger partial charge in [-0.2, -0.15) is 0 Å². The van der Waals surface area contributed by atoms with E-state index in [4.69, 9.17) is 4.98 Å². The van der Waals surface area contributed by atoms with Crippen LogP contribution < -0.4 is 16.2 Å². The second-order valence-electron chi connectivity index (χ2n) is 9.84. The van der Waals surface area contributed by atoms with Gasteiger partial charge in [0, 0.05) is 36.2 Å². The van der Waals surface area contributed by atoms with Crippen molar-refractivity contribution in [1.82, 2.24) is 14.9 Å². The quantitative estimate of drug-likeness (QED) is 0.522. The summed E-state index contributed by atoms with van der Waals surface area (Å²) in [5, 5.41) is 6.72. The predicted molar refractivity (Wildman–Crippen MR) is 137 cm³/mol. The Bertz CT molecular complexity index is 1320. The number of rotatable bonds is 7. The molecule has 2 N–H and O–H groups in total. The Morgan fingerprint density at radius 2 is 1.80 bits per heavy atom. The third kappa shape index (κ3) is 5.29. The second kappa shape index (κ2) is 10.0. The van der Waals surface area contributed by atoms with Gasteiger partial charge < -0.3 is 10.6 Å². The third-order valence-electron chi connectivity index (χ3n) is 7.07. The van der Waals surface area contributed by atoms with E-state index in [1.54, 1.807) is 16.7 Å². The first kappa shape index (κ1) is 23.3. The van der Waals surface area contributed by atoms with Crippen LogP contribution in [0.2, 0.25) is 0 Å². The molecule has 0 bridgehead atoms. The van der Waals surface area contributed by atoms with Crippen LogP contribution in [-0.4, -0.2) is 27.4 Å². The number of carbonyl (C=O) groups is 2. The standard InChI is InChI=1S/C28H32N4O3/c1-18-17-19(27(34)29-20-7-3-2-4-8-20)11-14-23(18)31-26(33)16-15-25-30-24-10-6-5-9-22(24)28(35)32(25)21-12-13-21/h5-6,9-11,14,17,20-21H,2-4,7-8,12-13,15-16H2,1H3,(H,29,34)(H,31,33). The van der Waals surface area contributed by atoms with Crippen LogP contribution in [0.3, 0.4) is 0 Å². The van der Waals surface area contributed by atoms with Crippen LogP contribution in [0.25, 0.3) is 10.9 Å². The number of amides is 2. The Labute approximate surface area is 205 Å². The molecule has 2 saturated carbocycles. The van der Waals surface area contributed by atoms with Crippen LogP contribution in [0.15, 0.2) is 47.3 Å². The molecule has 7 nitrogen and oxygen atoms in total. The van der Waals surface area contributed by atoms with Gasteiger partial charge in [0.1, 0.15) is 5.82 Å². The van der Waals surface area contributed by atoms with Gasteiger partial charge in [0.2, 0.25) is 5.91 Å². The summed E-state index contributed by atoms with van der Waals surface area (Å²) in [6.45, 7) is 1.89. The number of anilines is 1. The SMILES string of the molecule is Cc1cc(C(=O)NC2CCCCC2)ccc1NC(=O)CCc1nc2ccccc2c(=O)n1C1CC1. The van der Waals surface area contributed by atoms with E-state index in [9.17, 15) is 14.4 Å². The van der Waals surface area contributed by atoms with Crippen LogP contribution in [0.1, 0.15) is 79.2 Å². The van der Waals surface area contributed by atoms with Crippen molar-refractivity contribution in [2.24, 2.45) is 0 Å². The normalized spacial score (nSPS) is 16.3. The van der Waals surface area contributed by atoms with Gasteiger partial charge in [-0.15, -0.1) is 0 Å². The topological polar surface area (TPSA) is 93.1 Å². The smallest absolute Gasteiger partial charge is 0.261 e. The Morgan fingerprint density at radius 3 is 2.54 bits per heavy atom. The van der Waals surface area contributed by atoms with E-state index in [0.29, 0.717) is 34.4 Å². The highest BCUT2D eigenvalue weighted by molar-refractivity contribution is 5.96. The molecule has 0 spiro atoms. The number of aromatic nitrogens is 2. The fourth-order valence-corrected chi connectivity index (χ4v) is 4.98. The number of hydrogen-bond acceptors (Lipinski definition) is 4. The summed E-state index contributed by atoms with van der Waals surface area (Å²) >= 11 is 0. The van der Waals surface area contributed by atoms with Crippen molar-refractivity contribution in [2.45, 2.75) is 76.8 Å². The van der Waals surface area contributed by atoms with Crippen LogP contribution >= 0.6 is 0 Å². The molecule has 0 atom stereocenters. The third-order valence-corrected chi connectivity index (χ3v) is 7.07. The first-order valence-electron chi connectivity index (χ1n) is 12.7. The number of nitrogens with zero attached hydrogens (tertiary/aromatic N) is 2. The average Bonchev–Trinajstić information content (AvgIpc) is 3.70. The van der Waals surface area contributed by atoms with E-state index < -0.39 is 0 Å². The Kier molecular flexibility index (Phi) is 6.66. The molecule has 5 rings (SSSR count). The number of carbonyl (C=O) groups excluding carboxylic acids is 2. The zero-order chi connectivity index (χ0) is 24.4. The summed E-state index contributed by atoms with van der Waals surface area (Å²) < 4.78 is 1.78. The molecular weight excluding hydrogens is 440 g/mol. The molecular formula is C28H32N4O3. The Hall–Kier alpha value is -3.48. The van der Waals surface area contributed by atoms with Gasteiger partial charge in [0.15, 0.2) is 0 Å². The fourth-order valence-electron chi connectivity index (χ4n) is 4.98. The fraction of sp³-hybridized carbons (Fsp3) is 0.429. The number of hydrogen-bond donors (Lipinski definition) is 2. The summed E-state index contributed by atoms with van der Waals surface area (Å²) in [5.74, 6) is 0.466. The summed E-state index contributed by atoms with van der Waals surface area (Å²) in [6.07, 6.45) is 8.22. The minimum atomic E-state index is -0.141. The van der Waals surface area contributed by atoms with Gasteiger partial charge in [-0.05, 0) is 68.5 Å². The maximum Gasteiger partial charge on any atom is 0.261 e. The second-order valence-corrected chi connectivity index (χ2v) is 9.84. The first-order chi connectivity index (χ1) is 17.0. The maximum atomic E-state index is 13.0. The van der Waals surface area contributed by atoms with Gasteiger partial charge in [-0.1, -0.05) is 31.4 Å². The van der Waals surface area contributed by atoms with Gasteiger partial charge >= 0.3 is 0 Å². The van der Waals surface area contributed by atoms with E-state index in [-0.39, 0.29) is 35.9 Å². The van der Waals surface area contributed by atoms with Crippen molar-refractivity contribution in [1.29, 1.82) is 0 Å². The highest BCUT2D eigenvalue weighted by atomic mass is 16.2. The number of benzene rings is 2. The number of para-hydroxylation sites is 1. The minimum absolute atomic E-state index is 0.0218. The molecule has 182 valence electrons. The van der Waals surface area contributed by atoms with Crippen molar-refractivity contribution in [3.8, 4) is 0 Å². The first-order valence-corrected chi connectivity index (χ1v) is 12.7. The molecule has 1 aromatic heterocycles. The lowest BCUT2D eigenvalue weighted by atomic mass is 9.95. The van der Waals surface area contributed by atoms with E-state index in [2.05, 4.69) is 10.6 Å². The van der Waals surface area contributed by atoms with Crippen LogP contribution in [0, 0.1) is 6.92 Å². The monoisotopic (exact) mass is 472 g/mol. The molecule has 0 saturated heterocycles. The van der Waals surface area contributed by atoms with E-state index >= 15 is 0 Å². The van der Waals surface area contributed by atoms with E-state index in [1.807, 2.05) is 37.3 Å². The molecule has 1 heterocycles. The molecule has 7 heteroatoms. The van der Waals surface area contributed by atoms with Crippen LogP contribution in [0.4, 0.5) is 5.69 Å². The highest BCUT2D eigenvalue weighted by Crippen LogP contribution is 2.35. The highest BCUT2D eigenvalue weighted by Gasteiger charge is 2.28. The Morgan fingerprint density at radius 1 is 1.03 bits per heavy atom. The lowest BCUT2D eigenvalue weighted by Crippen LogP contribution is -2.36. The molecule has 0 aliphatic heterocycles. The summed E-state index contributed by atoms with van der Waals surface area (Å²) in [5.41, 5.74) is 2.79. The van der Waals surface area contributed by atoms with Crippen LogP contribution in [0.5, 0.6) is 0 Å². The predicted octanol–water partition coefficient (Wildman–Crippen LogP) is 4.67. The molecule has 35 heavy (non-hydrogen) atoms. The lowest BCUT2D eigenvalue weighted by molar-refractivity contribution is -0.116. The summed E-state index contributed by atoms with van der Waals surface area (Å²) in [6, 6.07) is 13.2. The van der Waals surface area contributed by atoms with Gasteiger partial charge in [0.05, 0.1) is 10.9 Å². The largest absolute Gasteiger partial charge is 0.349 e. The zero-order valence-electron chi connectivity index (χ0n) is 20.2. The zero-order valence-corrected chi connectivity index (χ0v) is 20.2. The molecule has 0 unspecified atom stereocenters. The van der Waals surface area contributed by atoms with E-state index in [0.717, 1.165) is 31.2 Å². The van der Waals surface area contributed by atoms with Gasteiger partial charge in [-0.25, -0.2) is 4.98 Å². The number of fused-ring (bicyclic) bond motifs is 1. The van der Waals surface area contributed by atoms with Gasteiger partial charge in [-0.3, -0.25) is 19.0 Å². The molecule has 2 amide bonds. The average molecular weight is 473 g/mol. The van der Waals surface area contributed by atoms with E-state index in [1.165, 1.54) is 19.3 Å². The lowest BCUT2D eigenvalue weighted by Gasteiger charge is -2.23. The molecule has 3 aromatic rings. The number of nitrogens with one attached hydrogen (secondary N) is 2. The minimum Gasteiger partial charge on any atom is -0.349 e. The summed E-state index contributed by atoms with van der Waals surface area (Å²) in [7, 11) is 0. The van der Waals surface area contributed by atoms with Crippen LogP contribution in [-0.2, 0) is 11.2 Å². The van der Waals surface area contributed by atoms with Crippen molar-refractivity contribution in [2.75, 3.05) is 5.32 Å². The Balaban J connectivity index is 1.24. The van der Waals surface area contributed by atoms with Crippen molar-refractivity contribution < 1.29 is 9.59 Å². The van der Waals surface area contributed by atoms with Crippen molar-refractivity contribution in [3.63, 3.8) is 0 Å². The molecule has 2 aliphatic carbocycles. The van der Waals surface area contributed by atoms with Gasteiger partial charge in [0.25, 0.3) is 11.5 Å². The van der Waals surface area contributed by atoms with Crippen molar-refractivity contribution in [3.05, 3.63) is 69.8 Å². The molecule has 0 radical (unpaired) electrons. The van der Waals surface area contributed by atoms with Crippen molar-refractivity contribution >= 4 is 28.4 Å². The molecule has 2 aliphatic rings. The summed E-state index contributed by atoms with van der Waals surface area (Å²) in [4.78, 5) is 43.1. The molecule has 2 fully saturated rings. The molecule has 2 aromatic carbocycles. The number of aryl methyl sites for hydroxylation is 2. The maximum absolute atomic E-state index is 13.0.